The second kappa shape index (κ2) is 7.04. The molecule has 0 aliphatic carbocycles. The van der Waals surface area contributed by atoms with Crippen LogP contribution < -0.4 is 15.7 Å². The molecule has 0 saturated carbocycles. The van der Waals surface area contributed by atoms with Gasteiger partial charge in [0, 0.05) is 19.0 Å². The van der Waals surface area contributed by atoms with Crippen molar-refractivity contribution in [2.75, 3.05) is 21.2 Å². The van der Waals surface area contributed by atoms with Gasteiger partial charge in [0.25, 0.3) is 11.5 Å². The number of nitrogens with one attached hydrogen (secondary N) is 1. The highest BCUT2D eigenvalue weighted by Gasteiger charge is 2.12. The molecule has 2 aromatic heterocycles. The maximum absolute atomic E-state index is 12.6. The fourth-order valence-electron chi connectivity index (χ4n) is 2.39. The van der Waals surface area contributed by atoms with Crippen molar-refractivity contribution in [3.63, 3.8) is 0 Å². The smallest absolute Gasteiger partial charge is 0.271 e. The van der Waals surface area contributed by atoms with Crippen molar-refractivity contribution < 1.29 is 9.53 Å². The Balaban J connectivity index is 1.93. The summed E-state index contributed by atoms with van der Waals surface area (Å²) in [7, 11) is 5.04. The molecule has 2 heterocycles. The number of carbonyl (C=O) groups is 1. The molecule has 8 heteroatoms. The van der Waals surface area contributed by atoms with Crippen LogP contribution in [-0.4, -0.2) is 41.7 Å². The molecule has 0 radical (unpaired) electrons. The normalized spacial score (nSPS) is 11.0. The standard InChI is InChI=1S/C17H18N4O3S/c1-20(2)19-15(22)9-21-10-18-13-8-14(25-16(13)17(21)23)11-4-6-12(24-3)7-5-11/h4-8,10H,9H2,1-3H3,(H,19,22). The number of ether oxygens (including phenoxy) is 1. The maximum Gasteiger partial charge on any atom is 0.271 e. The van der Waals surface area contributed by atoms with Crippen LogP contribution in [0.3, 0.4) is 0 Å². The summed E-state index contributed by atoms with van der Waals surface area (Å²) in [5.74, 6) is 0.498. The molecule has 1 amide bonds. The monoisotopic (exact) mass is 358 g/mol. The molecule has 0 aliphatic heterocycles. The number of benzene rings is 1. The Kier molecular flexibility index (Phi) is 4.82. The Labute approximate surface area is 148 Å². The van der Waals surface area contributed by atoms with Crippen molar-refractivity contribution in [2.24, 2.45) is 0 Å². The molecule has 130 valence electrons. The van der Waals surface area contributed by atoms with E-state index in [0.29, 0.717) is 10.2 Å². The molecule has 3 aromatic rings. The number of amides is 1. The second-order valence-corrected chi connectivity index (χ2v) is 6.71. The molecule has 25 heavy (non-hydrogen) atoms. The molecule has 0 bridgehead atoms. The van der Waals surface area contributed by atoms with Gasteiger partial charge in [0.2, 0.25) is 0 Å². The van der Waals surface area contributed by atoms with Crippen LogP contribution in [0.25, 0.3) is 20.7 Å². The lowest BCUT2D eigenvalue weighted by molar-refractivity contribution is -0.125. The van der Waals surface area contributed by atoms with Crippen LogP contribution in [0.5, 0.6) is 5.75 Å². The average Bonchev–Trinajstić information content (AvgIpc) is 3.02. The summed E-state index contributed by atoms with van der Waals surface area (Å²) in [6, 6.07) is 9.50. The molecule has 1 aromatic carbocycles. The first-order valence-electron chi connectivity index (χ1n) is 7.58. The van der Waals surface area contributed by atoms with Crippen LogP contribution >= 0.6 is 11.3 Å². The summed E-state index contributed by atoms with van der Waals surface area (Å²) in [6.07, 6.45) is 1.41. The molecule has 7 nitrogen and oxygen atoms in total. The van der Waals surface area contributed by atoms with Gasteiger partial charge in [0.1, 0.15) is 17.0 Å². The largest absolute Gasteiger partial charge is 0.497 e. The summed E-state index contributed by atoms with van der Waals surface area (Å²) in [4.78, 5) is 29.7. The molecule has 0 aliphatic rings. The molecular formula is C17H18N4O3S. The summed E-state index contributed by atoms with van der Waals surface area (Å²) < 4.78 is 7.01. The summed E-state index contributed by atoms with van der Waals surface area (Å²) in [6.45, 7) is -0.0737. The zero-order valence-corrected chi connectivity index (χ0v) is 15.0. The number of methoxy groups -OCH3 is 1. The predicted molar refractivity (Wildman–Crippen MR) is 97.7 cm³/mol. The predicted octanol–water partition coefficient (Wildman–Crippen LogP) is 1.73. The minimum Gasteiger partial charge on any atom is -0.497 e. The van der Waals surface area contributed by atoms with Gasteiger partial charge in [0.05, 0.1) is 19.0 Å². The molecule has 0 saturated heterocycles. The molecule has 1 N–H and O–H groups in total. The van der Waals surface area contributed by atoms with Crippen molar-refractivity contribution in [3.05, 3.63) is 47.0 Å². The first-order chi connectivity index (χ1) is 12.0. The molecule has 0 atom stereocenters. The number of hydrazine groups is 1. The number of thiophene rings is 1. The lowest BCUT2D eigenvalue weighted by atomic mass is 10.2. The SMILES string of the molecule is COc1ccc(-c2cc3ncn(CC(=O)NN(C)C)c(=O)c3s2)cc1. The van der Waals surface area contributed by atoms with Crippen LogP contribution in [0.4, 0.5) is 0 Å². The minimum atomic E-state index is -0.278. The number of fused-ring (bicyclic) bond motifs is 1. The van der Waals surface area contributed by atoms with Gasteiger partial charge in [-0.1, -0.05) is 0 Å². The Morgan fingerprint density at radius 1 is 1.32 bits per heavy atom. The minimum absolute atomic E-state index is 0.0737. The quantitative estimate of drug-likeness (QED) is 0.703. The number of rotatable bonds is 5. The maximum atomic E-state index is 12.6. The molecule has 0 unspecified atom stereocenters. The lowest BCUT2D eigenvalue weighted by Gasteiger charge is -2.12. The van der Waals surface area contributed by atoms with Gasteiger partial charge in [-0.05, 0) is 35.9 Å². The van der Waals surface area contributed by atoms with Crippen molar-refractivity contribution in [3.8, 4) is 16.2 Å². The highest BCUT2D eigenvalue weighted by Crippen LogP contribution is 2.31. The van der Waals surface area contributed by atoms with E-state index < -0.39 is 0 Å². The van der Waals surface area contributed by atoms with E-state index in [1.54, 1.807) is 21.2 Å². The number of aromatic nitrogens is 2. The Morgan fingerprint density at radius 2 is 2.04 bits per heavy atom. The van der Waals surface area contributed by atoms with E-state index in [9.17, 15) is 9.59 Å². The summed E-state index contributed by atoms with van der Waals surface area (Å²) in [5, 5.41) is 1.53. The van der Waals surface area contributed by atoms with Crippen molar-refractivity contribution in [1.82, 2.24) is 20.0 Å². The second-order valence-electron chi connectivity index (χ2n) is 5.66. The van der Waals surface area contributed by atoms with Gasteiger partial charge >= 0.3 is 0 Å². The highest BCUT2D eigenvalue weighted by atomic mass is 32.1. The van der Waals surface area contributed by atoms with E-state index in [1.165, 1.54) is 27.2 Å². The number of carbonyl (C=O) groups excluding carboxylic acids is 1. The van der Waals surface area contributed by atoms with E-state index >= 15 is 0 Å². The third kappa shape index (κ3) is 3.70. The average molecular weight is 358 g/mol. The van der Waals surface area contributed by atoms with Gasteiger partial charge in [-0.25, -0.2) is 9.99 Å². The highest BCUT2D eigenvalue weighted by molar-refractivity contribution is 7.22. The third-order valence-corrected chi connectivity index (χ3v) is 4.70. The van der Waals surface area contributed by atoms with Gasteiger partial charge in [-0.15, -0.1) is 11.3 Å². The molecule has 0 spiro atoms. The van der Waals surface area contributed by atoms with Gasteiger partial charge in [-0.2, -0.15) is 0 Å². The van der Waals surface area contributed by atoms with Gasteiger partial charge in [-0.3, -0.25) is 19.6 Å². The zero-order valence-electron chi connectivity index (χ0n) is 14.1. The molecule has 3 rings (SSSR count). The van der Waals surface area contributed by atoms with E-state index in [2.05, 4.69) is 10.4 Å². The first-order valence-corrected chi connectivity index (χ1v) is 8.40. The van der Waals surface area contributed by atoms with E-state index in [1.807, 2.05) is 30.3 Å². The fourth-order valence-corrected chi connectivity index (χ4v) is 3.46. The van der Waals surface area contributed by atoms with E-state index in [-0.39, 0.29) is 18.0 Å². The Morgan fingerprint density at radius 3 is 2.68 bits per heavy atom. The van der Waals surface area contributed by atoms with Gasteiger partial charge in [0.15, 0.2) is 0 Å². The summed E-state index contributed by atoms with van der Waals surface area (Å²) in [5.41, 5.74) is 4.00. The van der Waals surface area contributed by atoms with Crippen molar-refractivity contribution in [2.45, 2.75) is 6.54 Å². The lowest BCUT2D eigenvalue weighted by Crippen LogP contribution is -2.40. The Bertz CT molecular complexity index is 960. The van der Waals surface area contributed by atoms with Gasteiger partial charge < -0.3 is 4.74 Å². The number of hydrogen-bond acceptors (Lipinski definition) is 6. The number of nitrogens with zero attached hydrogens (tertiary/aromatic N) is 3. The zero-order chi connectivity index (χ0) is 18.0. The molecule has 0 fully saturated rings. The summed E-state index contributed by atoms with van der Waals surface area (Å²) >= 11 is 1.37. The molecular weight excluding hydrogens is 340 g/mol. The van der Waals surface area contributed by atoms with Crippen LogP contribution in [0.2, 0.25) is 0 Å². The Hall–Kier alpha value is -2.71. The first kappa shape index (κ1) is 17.1. The van der Waals surface area contributed by atoms with Crippen LogP contribution in [0.1, 0.15) is 0 Å². The van der Waals surface area contributed by atoms with Crippen molar-refractivity contribution >= 4 is 27.5 Å². The van der Waals surface area contributed by atoms with Crippen molar-refractivity contribution in [1.29, 1.82) is 0 Å². The third-order valence-electron chi connectivity index (χ3n) is 3.54. The van der Waals surface area contributed by atoms with E-state index in [0.717, 1.165) is 16.2 Å². The van der Waals surface area contributed by atoms with Crippen LogP contribution in [0.15, 0.2) is 41.5 Å². The van der Waals surface area contributed by atoms with Crippen LogP contribution in [-0.2, 0) is 11.3 Å². The number of hydrogen-bond donors (Lipinski definition) is 1. The van der Waals surface area contributed by atoms with E-state index in [4.69, 9.17) is 4.74 Å². The topological polar surface area (TPSA) is 76.5 Å². The fraction of sp³-hybridized carbons (Fsp3) is 0.235. The van der Waals surface area contributed by atoms with Crippen LogP contribution in [0, 0.1) is 0 Å².